The monoisotopic (exact) mass is 302 g/mol. The minimum Gasteiger partial charge on any atom is -1.00 e. The molecule has 0 aliphatic carbocycles. The zero-order valence-electron chi connectivity index (χ0n) is 11.4. The third-order valence-electron chi connectivity index (χ3n) is 3.04. The molecular formula is C14H27BrN2. The topological polar surface area (TPSA) is 8.81 Å². The van der Waals surface area contributed by atoms with Gasteiger partial charge in [-0.2, -0.15) is 0 Å². The van der Waals surface area contributed by atoms with Crippen LogP contribution in [0.4, 0.5) is 0 Å². The number of aromatic nitrogens is 2. The van der Waals surface area contributed by atoms with Crippen molar-refractivity contribution in [2.45, 2.75) is 71.9 Å². The SMILES string of the molecule is CCCCCCC[n+]1ccn(CCCC)c1.[Br-]. The summed E-state index contributed by atoms with van der Waals surface area (Å²) in [6.45, 7) is 6.86. The third kappa shape index (κ3) is 7.58. The van der Waals surface area contributed by atoms with Crippen LogP contribution < -0.4 is 21.5 Å². The van der Waals surface area contributed by atoms with Crippen LogP contribution in [0.15, 0.2) is 18.7 Å². The van der Waals surface area contributed by atoms with E-state index in [-0.39, 0.29) is 17.0 Å². The summed E-state index contributed by atoms with van der Waals surface area (Å²) < 4.78 is 4.62. The third-order valence-corrected chi connectivity index (χ3v) is 3.04. The normalized spacial score (nSPS) is 10.2. The van der Waals surface area contributed by atoms with Gasteiger partial charge < -0.3 is 17.0 Å². The molecule has 0 radical (unpaired) electrons. The van der Waals surface area contributed by atoms with Gasteiger partial charge in [0.15, 0.2) is 0 Å². The molecule has 100 valence electrons. The maximum absolute atomic E-state index is 2.32. The summed E-state index contributed by atoms with van der Waals surface area (Å²) in [6.07, 6.45) is 16.0. The lowest BCUT2D eigenvalue weighted by Crippen LogP contribution is -3.00. The lowest BCUT2D eigenvalue weighted by atomic mass is 10.1. The van der Waals surface area contributed by atoms with Crippen LogP contribution in [0.5, 0.6) is 0 Å². The molecule has 0 bridgehead atoms. The van der Waals surface area contributed by atoms with Crippen LogP contribution in [0.3, 0.4) is 0 Å². The van der Waals surface area contributed by atoms with Crippen LogP contribution in [0.2, 0.25) is 0 Å². The Morgan fingerprint density at radius 2 is 1.65 bits per heavy atom. The van der Waals surface area contributed by atoms with E-state index in [1.54, 1.807) is 0 Å². The van der Waals surface area contributed by atoms with E-state index in [1.165, 1.54) is 58.0 Å². The van der Waals surface area contributed by atoms with E-state index in [0.717, 1.165) is 0 Å². The number of hydrogen-bond donors (Lipinski definition) is 0. The molecule has 0 saturated heterocycles. The van der Waals surface area contributed by atoms with Crippen molar-refractivity contribution in [2.24, 2.45) is 0 Å². The molecule has 0 amide bonds. The van der Waals surface area contributed by atoms with Crippen molar-refractivity contribution in [2.75, 3.05) is 0 Å². The summed E-state index contributed by atoms with van der Waals surface area (Å²) in [4.78, 5) is 0. The van der Waals surface area contributed by atoms with E-state index in [9.17, 15) is 0 Å². The average molecular weight is 303 g/mol. The van der Waals surface area contributed by atoms with Crippen molar-refractivity contribution < 1.29 is 21.5 Å². The Balaban J connectivity index is 0.00000256. The second-order valence-corrected chi connectivity index (χ2v) is 4.66. The summed E-state index contributed by atoms with van der Waals surface area (Å²) in [5.41, 5.74) is 0. The number of aryl methyl sites for hydroxylation is 2. The molecule has 1 aromatic rings. The number of halogens is 1. The highest BCUT2D eigenvalue weighted by Crippen LogP contribution is 2.02. The molecule has 0 aromatic carbocycles. The number of unbranched alkanes of at least 4 members (excludes halogenated alkanes) is 5. The first-order valence-corrected chi connectivity index (χ1v) is 6.91. The number of hydrogen-bond acceptors (Lipinski definition) is 0. The number of nitrogens with zero attached hydrogens (tertiary/aromatic N) is 2. The van der Waals surface area contributed by atoms with Crippen molar-refractivity contribution in [3.63, 3.8) is 0 Å². The molecule has 0 fully saturated rings. The lowest BCUT2D eigenvalue weighted by Gasteiger charge is -1.97. The van der Waals surface area contributed by atoms with E-state index in [0.29, 0.717) is 0 Å². The predicted octanol–water partition coefficient (Wildman–Crippen LogP) is 0.550. The first-order chi connectivity index (χ1) is 7.86. The van der Waals surface area contributed by atoms with Crippen LogP contribution in [0.25, 0.3) is 0 Å². The first kappa shape index (κ1) is 16.7. The van der Waals surface area contributed by atoms with E-state index >= 15 is 0 Å². The molecule has 0 N–H and O–H groups in total. The van der Waals surface area contributed by atoms with Crippen molar-refractivity contribution in [1.82, 2.24) is 4.57 Å². The Labute approximate surface area is 117 Å². The predicted molar refractivity (Wildman–Crippen MR) is 68.3 cm³/mol. The summed E-state index contributed by atoms with van der Waals surface area (Å²) in [5, 5.41) is 0. The Morgan fingerprint density at radius 3 is 2.35 bits per heavy atom. The van der Waals surface area contributed by atoms with Crippen LogP contribution in [0, 0.1) is 0 Å². The fraction of sp³-hybridized carbons (Fsp3) is 0.786. The van der Waals surface area contributed by atoms with Gasteiger partial charge in [0.1, 0.15) is 12.4 Å². The van der Waals surface area contributed by atoms with Crippen LogP contribution in [-0.4, -0.2) is 4.57 Å². The summed E-state index contributed by atoms with van der Waals surface area (Å²) in [5.74, 6) is 0. The number of imidazole rings is 1. The summed E-state index contributed by atoms with van der Waals surface area (Å²) in [7, 11) is 0. The molecule has 0 aliphatic heterocycles. The van der Waals surface area contributed by atoms with Gasteiger partial charge >= 0.3 is 0 Å². The van der Waals surface area contributed by atoms with Gasteiger partial charge in [0, 0.05) is 0 Å². The van der Waals surface area contributed by atoms with Gasteiger partial charge in [0.05, 0.1) is 13.1 Å². The molecule has 0 unspecified atom stereocenters. The van der Waals surface area contributed by atoms with Crippen molar-refractivity contribution >= 4 is 0 Å². The van der Waals surface area contributed by atoms with Crippen molar-refractivity contribution in [1.29, 1.82) is 0 Å². The second kappa shape index (κ2) is 10.8. The zero-order chi connectivity index (χ0) is 11.6. The van der Waals surface area contributed by atoms with Gasteiger partial charge in [-0.25, -0.2) is 9.13 Å². The van der Waals surface area contributed by atoms with E-state index in [2.05, 4.69) is 41.7 Å². The van der Waals surface area contributed by atoms with E-state index < -0.39 is 0 Å². The molecule has 1 aromatic heterocycles. The van der Waals surface area contributed by atoms with E-state index in [1.807, 2.05) is 0 Å². The fourth-order valence-corrected chi connectivity index (χ4v) is 1.94. The lowest BCUT2D eigenvalue weighted by molar-refractivity contribution is -0.696. The maximum atomic E-state index is 2.32. The first-order valence-electron chi connectivity index (χ1n) is 6.91. The second-order valence-electron chi connectivity index (χ2n) is 4.66. The molecule has 1 heterocycles. The standard InChI is InChI=1S/C14H27N2.BrH/c1-3-5-7-8-9-11-16-13-12-15(14-16)10-6-4-2;/h12-14H,3-11H2,1-2H3;1H/q+1;/p-1. The number of rotatable bonds is 9. The van der Waals surface area contributed by atoms with E-state index in [4.69, 9.17) is 0 Å². The molecular weight excluding hydrogens is 276 g/mol. The van der Waals surface area contributed by atoms with Gasteiger partial charge in [-0.15, -0.1) is 0 Å². The van der Waals surface area contributed by atoms with Gasteiger partial charge in [-0.1, -0.05) is 39.5 Å². The molecule has 0 atom stereocenters. The van der Waals surface area contributed by atoms with Crippen molar-refractivity contribution in [3.8, 4) is 0 Å². The zero-order valence-corrected chi connectivity index (χ0v) is 13.0. The summed E-state index contributed by atoms with van der Waals surface area (Å²) >= 11 is 0. The largest absolute Gasteiger partial charge is 1.00 e. The molecule has 17 heavy (non-hydrogen) atoms. The highest BCUT2D eigenvalue weighted by Gasteiger charge is 2.02. The molecule has 0 saturated carbocycles. The molecule has 0 spiro atoms. The summed E-state index contributed by atoms with van der Waals surface area (Å²) in [6, 6.07) is 0. The Kier molecular flexibility index (Phi) is 10.6. The fourth-order valence-electron chi connectivity index (χ4n) is 1.94. The molecule has 2 nitrogen and oxygen atoms in total. The molecule has 0 aliphatic rings. The quantitative estimate of drug-likeness (QED) is 0.465. The Morgan fingerprint density at radius 1 is 0.941 bits per heavy atom. The molecule has 1 rings (SSSR count). The van der Waals surface area contributed by atoms with Gasteiger partial charge in [0.25, 0.3) is 0 Å². The van der Waals surface area contributed by atoms with Crippen LogP contribution in [0.1, 0.15) is 58.8 Å². The highest BCUT2D eigenvalue weighted by atomic mass is 79.9. The van der Waals surface area contributed by atoms with Crippen LogP contribution >= 0.6 is 0 Å². The smallest absolute Gasteiger partial charge is 0.243 e. The maximum Gasteiger partial charge on any atom is 0.243 e. The minimum absolute atomic E-state index is 0. The van der Waals surface area contributed by atoms with Gasteiger partial charge in [-0.3, -0.25) is 0 Å². The van der Waals surface area contributed by atoms with Crippen molar-refractivity contribution in [3.05, 3.63) is 18.7 Å². The van der Waals surface area contributed by atoms with Gasteiger partial charge in [-0.05, 0) is 19.3 Å². The minimum atomic E-state index is 0. The Hall–Kier alpha value is -0.310. The molecule has 3 heteroatoms. The average Bonchev–Trinajstić information content (AvgIpc) is 2.74. The highest BCUT2D eigenvalue weighted by molar-refractivity contribution is 4.65. The van der Waals surface area contributed by atoms with Gasteiger partial charge in [0.2, 0.25) is 6.33 Å². The van der Waals surface area contributed by atoms with Crippen LogP contribution in [-0.2, 0) is 13.1 Å². The Bertz CT molecular complexity index is 271.